The van der Waals surface area contributed by atoms with Crippen LogP contribution < -0.4 is 10.1 Å². The molecular weight excluding hydrogens is 282 g/mol. The van der Waals surface area contributed by atoms with E-state index in [1.807, 2.05) is 12.1 Å². The average Bonchev–Trinajstić information content (AvgIpc) is 2.88. The molecule has 0 saturated carbocycles. The van der Waals surface area contributed by atoms with E-state index in [0.717, 1.165) is 22.1 Å². The molecule has 19 heavy (non-hydrogen) atoms. The van der Waals surface area contributed by atoms with Crippen molar-refractivity contribution in [2.24, 2.45) is 0 Å². The zero-order chi connectivity index (χ0) is 13.8. The van der Waals surface area contributed by atoms with E-state index in [1.54, 1.807) is 24.5 Å². The zero-order valence-electron chi connectivity index (χ0n) is 11.1. The fraction of sp³-hybridized carbons (Fsp3) is 0.385. The lowest BCUT2D eigenvalue weighted by atomic mass is 10.2. The van der Waals surface area contributed by atoms with Gasteiger partial charge in [0.15, 0.2) is 5.01 Å². The molecule has 2 aromatic rings. The zero-order valence-corrected chi connectivity index (χ0v) is 12.7. The number of hydrogen-bond donors (Lipinski definition) is 1. The normalized spacial score (nSPS) is 12.4. The molecule has 1 unspecified atom stereocenters. The smallest absolute Gasteiger partial charge is 0.151 e. The van der Waals surface area contributed by atoms with Crippen molar-refractivity contribution >= 4 is 22.9 Å². The third kappa shape index (κ3) is 3.23. The van der Waals surface area contributed by atoms with Gasteiger partial charge in [-0.05, 0) is 31.7 Å². The fourth-order valence-electron chi connectivity index (χ4n) is 1.75. The van der Waals surface area contributed by atoms with Crippen LogP contribution in [0.15, 0.2) is 18.2 Å². The van der Waals surface area contributed by atoms with Crippen molar-refractivity contribution in [3.05, 3.63) is 28.2 Å². The Morgan fingerprint density at radius 2 is 2.21 bits per heavy atom. The van der Waals surface area contributed by atoms with Crippen molar-refractivity contribution in [3.63, 3.8) is 0 Å². The number of nitrogens with zero attached hydrogens (tertiary/aromatic N) is 2. The highest BCUT2D eigenvalue weighted by molar-refractivity contribution is 7.14. The molecule has 0 bridgehead atoms. The van der Waals surface area contributed by atoms with Crippen molar-refractivity contribution in [2.75, 3.05) is 13.7 Å². The molecule has 102 valence electrons. The maximum Gasteiger partial charge on any atom is 0.151 e. The number of benzene rings is 1. The summed E-state index contributed by atoms with van der Waals surface area (Å²) in [7, 11) is 1.62. The fourth-order valence-corrected chi connectivity index (χ4v) is 2.82. The van der Waals surface area contributed by atoms with Gasteiger partial charge in [-0.15, -0.1) is 10.2 Å². The number of nitrogens with one attached hydrogen (secondary N) is 1. The molecule has 0 aliphatic rings. The second-order valence-corrected chi connectivity index (χ2v) is 5.51. The van der Waals surface area contributed by atoms with Crippen LogP contribution in [0.4, 0.5) is 0 Å². The third-order valence-electron chi connectivity index (χ3n) is 2.72. The summed E-state index contributed by atoms with van der Waals surface area (Å²) in [6.45, 7) is 5.05. The minimum Gasteiger partial charge on any atom is -0.496 e. The predicted molar refractivity (Wildman–Crippen MR) is 79.0 cm³/mol. The average molecular weight is 298 g/mol. The number of halogens is 1. The Bertz CT molecular complexity index is 559. The molecule has 6 heteroatoms. The van der Waals surface area contributed by atoms with Gasteiger partial charge in [0, 0.05) is 5.02 Å². The SMILES string of the molecule is CCNC(C)c1nnc(-c2ccc(Cl)cc2OC)s1. The Kier molecular flexibility index (Phi) is 4.74. The summed E-state index contributed by atoms with van der Waals surface area (Å²) in [5.41, 5.74) is 0.916. The summed E-state index contributed by atoms with van der Waals surface area (Å²) in [5.74, 6) is 0.714. The molecule has 0 amide bonds. The van der Waals surface area contributed by atoms with Crippen LogP contribution in [0, 0.1) is 0 Å². The van der Waals surface area contributed by atoms with E-state index >= 15 is 0 Å². The second-order valence-electron chi connectivity index (χ2n) is 4.07. The summed E-state index contributed by atoms with van der Waals surface area (Å²) in [6.07, 6.45) is 0. The summed E-state index contributed by atoms with van der Waals surface area (Å²) >= 11 is 7.52. The molecule has 0 saturated heterocycles. The molecule has 1 atom stereocenters. The molecule has 0 aliphatic carbocycles. The molecule has 2 rings (SSSR count). The lowest BCUT2D eigenvalue weighted by Crippen LogP contribution is -2.17. The van der Waals surface area contributed by atoms with Gasteiger partial charge in [0.2, 0.25) is 0 Å². The summed E-state index contributed by atoms with van der Waals surface area (Å²) in [4.78, 5) is 0. The van der Waals surface area contributed by atoms with Crippen LogP contribution in [-0.4, -0.2) is 23.9 Å². The van der Waals surface area contributed by atoms with Gasteiger partial charge in [-0.25, -0.2) is 0 Å². The van der Waals surface area contributed by atoms with Crippen molar-refractivity contribution in [2.45, 2.75) is 19.9 Å². The van der Waals surface area contributed by atoms with Crippen LogP contribution in [0.5, 0.6) is 5.75 Å². The highest BCUT2D eigenvalue weighted by Crippen LogP contribution is 2.35. The number of aromatic nitrogens is 2. The van der Waals surface area contributed by atoms with E-state index in [0.29, 0.717) is 10.8 Å². The topological polar surface area (TPSA) is 47.0 Å². The van der Waals surface area contributed by atoms with Crippen LogP contribution in [0.1, 0.15) is 24.9 Å². The Labute approximate surface area is 121 Å². The first-order valence-electron chi connectivity index (χ1n) is 6.06. The van der Waals surface area contributed by atoms with Crippen molar-refractivity contribution in [1.82, 2.24) is 15.5 Å². The van der Waals surface area contributed by atoms with E-state index in [-0.39, 0.29) is 6.04 Å². The summed E-state index contributed by atoms with van der Waals surface area (Å²) in [5, 5.41) is 14.2. The quantitative estimate of drug-likeness (QED) is 0.917. The number of rotatable bonds is 5. The monoisotopic (exact) mass is 297 g/mol. The van der Waals surface area contributed by atoms with Gasteiger partial charge in [-0.1, -0.05) is 29.9 Å². The van der Waals surface area contributed by atoms with Crippen LogP contribution in [0.25, 0.3) is 10.6 Å². The minimum atomic E-state index is 0.203. The molecule has 0 aliphatic heterocycles. The van der Waals surface area contributed by atoms with Gasteiger partial charge < -0.3 is 10.1 Å². The molecule has 1 aromatic heterocycles. The van der Waals surface area contributed by atoms with Gasteiger partial charge in [-0.3, -0.25) is 0 Å². The molecule has 0 radical (unpaired) electrons. The Hall–Kier alpha value is -1.17. The maximum absolute atomic E-state index is 5.96. The van der Waals surface area contributed by atoms with E-state index in [1.165, 1.54) is 0 Å². The number of hydrogen-bond acceptors (Lipinski definition) is 5. The van der Waals surface area contributed by atoms with Gasteiger partial charge in [0.1, 0.15) is 10.8 Å². The standard InChI is InChI=1S/C13H16ClN3OS/c1-4-15-8(2)12-16-17-13(19-12)10-6-5-9(14)7-11(10)18-3/h5-8,15H,4H2,1-3H3. The molecular formula is C13H16ClN3OS. The summed E-state index contributed by atoms with van der Waals surface area (Å²) < 4.78 is 5.34. The first-order chi connectivity index (χ1) is 9.15. The lowest BCUT2D eigenvalue weighted by Gasteiger charge is -2.07. The van der Waals surface area contributed by atoms with E-state index in [2.05, 4.69) is 29.4 Å². The number of methoxy groups -OCH3 is 1. The van der Waals surface area contributed by atoms with Gasteiger partial charge >= 0.3 is 0 Å². The third-order valence-corrected chi connectivity index (χ3v) is 4.09. The molecule has 4 nitrogen and oxygen atoms in total. The highest BCUT2D eigenvalue weighted by atomic mass is 35.5. The first kappa shape index (κ1) is 14.2. The van der Waals surface area contributed by atoms with E-state index in [9.17, 15) is 0 Å². The van der Waals surface area contributed by atoms with Crippen molar-refractivity contribution < 1.29 is 4.74 Å². The van der Waals surface area contributed by atoms with E-state index in [4.69, 9.17) is 16.3 Å². The maximum atomic E-state index is 5.96. The van der Waals surface area contributed by atoms with Crippen LogP contribution >= 0.6 is 22.9 Å². The molecule has 1 N–H and O–H groups in total. The Morgan fingerprint density at radius 1 is 1.42 bits per heavy atom. The minimum absolute atomic E-state index is 0.203. The molecule has 1 aromatic carbocycles. The van der Waals surface area contributed by atoms with Crippen molar-refractivity contribution in [3.8, 4) is 16.3 Å². The predicted octanol–water partition coefficient (Wildman–Crippen LogP) is 3.54. The van der Waals surface area contributed by atoms with Crippen molar-refractivity contribution in [1.29, 1.82) is 0 Å². The van der Waals surface area contributed by atoms with Gasteiger partial charge in [0.05, 0.1) is 18.7 Å². The van der Waals surface area contributed by atoms with Crippen LogP contribution in [0.2, 0.25) is 5.02 Å². The largest absolute Gasteiger partial charge is 0.496 e. The molecule has 0 spiro atoms. The van der Waals surface area contributed by atoms with Gasteiger partial charge in [0.25, 0.3) is 0 Å². The van der Waals surface area contributed by atoms with Gasteiger partial charge in [-0.2, -0.15) is 0 Å². The van der Waals surface area contributed by atoms with Crippen LogP contribution in [-0.2, 0) is 0 Å². The lowest BCUT2D eigenvalue weighted by molar-refractivity contribution is 0.416. The highest BCUT2D eigenvalue weighted by Gasteiger charge is 2.15. The summed E-state index contributed by atoms with van der Waals surface area (Å²) in [6, 6.07) is 5.72. The Balaban J connectivity index is 2.32. The second kappa shape index (κ2) is 6.32. The van der Waals surface area contributed by atoms with Crippen LogP contribution in [0.3, 0.4) is 0 Å². The first-order valence-corrected chi connectivity index (χ1v) is 7.25. The Morgan fingerprint density at radius 3 is 2.89 bits per heavy atom. The number of ether oxygens (including phenoxy) is 1. The molecule has 0 fully saturated rings. The molecule has 1 heterocycles. The van der Waals surface area contributed by atoms with E-state index < -0.39 is 0 Å².